The van der Waals surface area contributed by atoms with Gasteiger partial charge in [-0.05, 0) is 37.1 Å². The van der Waals surface area contributed by atoms with Crippen LogP contribution in [0.4, 0.5) is 0 Å². The molecular formula is C13H11N5. The van der Waals surface area contributed by atoms with Crippen LogP contribution >= 0.6 is 0 Å². The van der Waals surface area contributed by atoms with E-state index >= 15 is 0 Å². The summed E-state index contributed by atoms with van der Waals surface area (Å²) >= 11 is 0. The Kier molecular flexibility index (Phi) is 1.81. The molecule has 0 unspecified atom stereocenters. The molecule has 18 heavy (non-hydrogen) atoms. The van der Waals surface area contributed by atoms with Gasteiger partial charge in [-0.2, -0.15) is 10.2 Å². The van der Waals surface area contributed by atoms with E-state index in [0.29, 0.717) is 0 Å². The van der Waals surface area contributed by atoms with Crippen LogP contribution in [0.2, 0.25) is 0 Å². The van der Waals surface area contributed by atoms with Crippen molar-refractivity contribution < 1.29 is 0 Å². The van der Waals surface area contributed by atoms with Gasteiger partial charge >= 0.3 is 0 Å². The van der Waals surface area contributed by atoms with Gasteiger partial charge in [-0.3, -0.25) is 0 Å². The molecule has 3 heterocycles. The lowest BCUT2D eigenvalue weighted by molar-refractivity contribution is 0.722. The standard InChI is InChI=1S/C13H11N5/c1-3-9-11(14-7-1)17-12(16-9)13(5-6-13)10-4-2-8-15-18-10/h1-4,7-8H,5-6H2,(H,14,16,17). The van der Waals surface area contributed by atoms with Crippen LogP contribution in [0.5, 0.6) is 0 Å². The molecule has 1 fully saturated rings. The Bertz CT molecular complexity index is 666. The zero-order valence-electron chi connectivity index (χ0n) is 9.67. The zero-order chi connectivity index (χ0) is 12.0. The number of imidazole rings is 1. The predicted octanol–water partition coefficient (Wildman–Crippen LogP) is 1.83. The summed E-state index contributed by atoms with van der Waals surface area (Å²) in [4.78, 5) is 12.2. The Hall–Kier alpha value is -2.30. The van der Waals surface area contributed by atoms with Crippen LogP contribution < -0.4 is 0 Å². The number of hydrogen-bond acceptors (Lipinski definition) is 4. The van der Waals surface area contributed by atoms with Crippen LogP contribution in [-0.4, -0.2) is 25.1 Å². The molecule has 4 rings (SSSR count). The van der Waals surface area contributed by atoms with E-state index in [4.69, 9.17) is 0 Å². The molecule has 0 aliphatic heterocycles. The van der Waals surface area contributed by atoms with Crippen molar-refractivity contribution in [1.82, 2.24) is 25.1 Å². The first kappa shape index (κ1) is 9.70. The fourth-order valence-electron chi connectivity index (χ4n) is 2.37. The second kappa shape index (κ2) is 3.35. The van der Waals surface area contributed by atoms with Crippen LogP contribution in [0.1, 0.15) is 24.4 Å². The Morgan fingerprint density at radius 3 is 2.72 bits per heavy atom. The topological polar surface area (TPSA) is 67.3 Å². The minimum absolute atomic E-state index is 0.0744. The molecule has 1 aliphatic rings. The highest BCUT2D eigenvalue weighted by Crippen LogP contribution is 2.51. The maximum absolute atomic E-state index is 4.59. The van der Waals surface area contributed by atoms with Crippen LogP contribution in [0.3, 0.4) is 0 Å². The Morgan fingerprint density at radius 1 is 1.11 bits per heavy atom. The molecule has 0 atom stereocenters. The maximum Gasteiger partial charge on any atom is 0.177 e. The molecule has 1 aliphatic carbocycles. The fraction of sp³-hybridized carbons (Fsp3) is 0.231. The average Bonchev–Trinajstić information content (AvgIpc) is 3.13. The molecule has 0 aromatic carbocycles. The van der Waals surface area contributed by atoms with Crippen molar-refractivity contribution in [2.45, 2.75) is 18.3 Å². The van der Waals surface area contributed by atoms with Crippen molar-refractivity contribution in [2.24, 2.45) is 0 Å². The molecule has 0 bridgehead atoms. The number of H-pyrrole nitrogens is 1. The van der Waals surface area contributed by atoms with Gasteiger partial charge in [0.1, 0.15) is 5.82 Å². The summed E-state index contributed by atoms with van der Waals surface area (Å²) in [6.45, 7) is 0. The minimum atomic E-state index is -0.0744. The van der Waals surface area contributed by atoms with E-state index in [-0.39, 0.29) is 5.41 Å². The number of rotatable bonds is 2. The first-order chi connectivity index (χ1) is 8.88. The normalized spacial score (nSPS) is 16.9. The number of aromatic amines is 1. The second-order valence-corrected chi connectivity index (χ2v) is 4.65. The number of nitrogens with zero attached hydrogens (tertiary/aromatic N) is 4. The Morgan fingerprint density at radius 2 is 2.00 bits per heavy atom. The largest absolute Gasteiger partial charge is 0.340 e. The molecule has 5 heteroatoms. The highest BCUT2D eigenvalue weighted by atomic mass is 15.1. The lowest BCUT2D eigenvalue weighted by atomic mass is 10.0. The Labute approximate surface area is 103 Å². The number of pyridine rings is 1. The van der Waals surface area contributed by atoms with E-state index < -0.39 is 0 Å². The second-order valence-electron chi connectivity index (χ2n) is 4.65. The summed E-state index contributed by atoms with van der Waals surface area (Å²) in [5.41, 5.74) is 2.66. The van der Waals surface area contributed by atoms with E-state index in [9.17, 15) is 0 Å². The highest BCUT2D eigenvalue weighted by Gasteiger charge is 2.50. The summed E-state index contributed by atoms with van der Waals surface area (Å²) < 4.78 is 0. The molecule has 0 spiro atoms. The average molecular weight is 237 g/mol. The minimum Gasteiger partial charge on any atom is -0.340 e. The highest BCUT2D eigenvalue weighted by molar-refractivity contribution is 5.70. The summed E-state index contributed by atoms with van der Waals surface area (Å²) in [6.07, 6.45) is 5.58. The van der Waals surface area contributed by atoms with Crippen molar-refractivity contribution >= 4 is 11.2 Å². The number of fused-ring (bicyclic) bond motifs is 1. The number of nitrogens with one attached hydrogen (secondary N) is 1. The monoisotopic (exact) mass is 237 g/mol. The third kappa shape index (κ3) is 1.27. The zero-order valence-corrected chi connectivity index (χ0v) is 9.67. The maximum atomic E-state index is 4.59. The molecule has 1 saturated carbocycles. The van der Waals surface area contributed by atoms with E-state index in [1.807, 2.05) is 24.3 Å². The number of aromatic nitrogens is 5. The summed E-state index contributed by atoms with van der Waals surface area (Å²) in [5, 5.41) is 8.19. The van der Waals surface area contributed by atoms with Crippen LogP contribution in [0.15, 0.2) is 36.7 Å². The van der Waals surface area contributed by atoms with Gasteiger partial charge < -0.3 is 4.98 Å². The first-order valence-corrected chi connectivity index (χ1v) is 5.98. The third-order valence-electron chi connectivity index (χ3n) is 3.52. The van der Waals surface area contributed by atoms with Crippen molar-refractivity contribution in [3.05, 3.63) is 48.2 Å². The summed E-state index contributed by atoms with van der Waals surface area (Å²) in [6, 6.07) is 7.84. The third-order valence-corrected chi connectivity index (χ3v) is 3.52. The van der Waals surface area contributed by atoms with Gasteiger partial charge in [-0.15, -0.1) is 0 Å². The van der Waals surface area contributed by atoms with Gasteiger partial charge in [0.05, 0.1) is 16.6 Å². The predicted molar refractivity (Wildman–Crippen MR) is 65.9 cm³/mol. The van der Waals surface area contributed by atoms with Gasteiger partial charge in [0.2, 0.25) is 0 Å². The van der Waals surface area contributed by atoms with Crippen molar-refractivity contribution in [1.29, 1.82) is 0 Å². The van der Waals surface area contributed by atoms with Gasteiger partial charge in [0, 0.05) is 12.4 Å². The van der Waals surface area contributed by atoms with Crippen LogP contribution in [-0.2, 0) is 5.41 Å². The van der Waals surface area contributed by atoms with E-state index in [0.717, 1.165) is 35.5 Å². The molecule has 88 valence electrons. The van der Waals surface area contributed by atoms with E-state index in [1.54, 1.807) is 12.4 Å². The molecule has 0 amide bonds. The molecule has 3 aromatic heterocycles. The molecule has 1 N–H and O–H groups in total. The van der Waals surface area contributed by atoms with Gasteiger partial charge in [-0.25, -0.2) is 9.97 Å². The van der Waals surface area contributed by atoms with Crippen molar-refractivity contribution in [2.75, 3.05) is 0 Å². The van der Waals surface area contributed by atoms with Crippen molar-refractivity contribution in [3.8, 4) is 0 Å². The SMILES string of the molecule is c1cnnc(C2(c3nc4ncccc4[nH]3)CC2)c1. The summed E-state index contributed by atoms with van der Waals surface area (Å²) in [7, 11) is 0. The molecule has 3 aromatic rings. The van der Waals surface area contributed by atoms with Gasteiger partial charge in [-0.1, -0.05) is 0 Å². The smallest absolute Gasteiger partial charge is 0.177 e. The Balaban J connectivity index is 1.87. The van der Waals surface area contributed by atoms with Gasteiger partial charge in [0.25, 0.3) is 0 Å². The molecule has 0 radical (unpaired) electrons. The van der Waals surface area contributed by atoms with Crippen molar-refractivity contribution in [3.63, 3.8) is 0 Å². The van der Waals surface area contributed by atoms with E-state index in [1.165, 1.54) is 0 Å². The summed E-state index contributed by atoms with van der Waals surface area (Å²) in [5.74, 6) is 0.955. The molecular weight excluding hydrogens is 226 g/mol. The lowest BCUT2D eigenvalue weighted by Gasteiger charge is -2.09. The first-order valence-electron chi connectivity index (χ1n) is 5.98. The molecule has 0 saturated heterocycles. The quantitative estimate of drug-likeness (QED) is 0.738. The van der Waals surface area contributed by atoms with Crippen LogP contribution in [0, 0.1) is 0 Å². The molecule has 5 nitrogen and oxygen atoms in total. The lowest BCUT2D eigenvalue weighted by Crippen LogP contribution is -2.13. The van der Waals surface area contributed by atoms with Crippen LogP contribution in [0.25, 0.3) is 11.2 Å². The fourth-order valence-corrected chi connectivity index (χ4v) is 2.37. The van der Waals surface area contributed by atoms with Gasteiger partial charge in [0.15, 0.2) is 5.65 Å². The van der Waals surface area contributed by atoms with E-state index in [2.05, 4.69) is 25.1 Å². The number of hydrogen-bond donors (Lipinski definition) is 1.